The molecule has 0 aliphatic carbocycles. The van der Waals surface area contributed by atoms with E-state index < -0.39 is 118 Å². The van der Waals surface area contributed by atoms with Crippen LogP contribution < -0.4 is 21.3 Å². The maximum absolute atomic E-state index is 13.3. The van der Waals surface area contributed by atoms with Crippen molar-refractivity contribution in [2.75, 3.05) is 52.6 Å². The molecule has 14 nitrogen and oxygen atoms in total. The van der Waals surface area contributed by atoms with Gasteiger partial charge in [0, 0.05) is 13.1 Å². The molecule has 4 saturated heterocycles. The SMILES string of the molecule is C[C@@H](OC[C@@]1(c2ccccc2)CC[C@@]2(CN1)NC(=O)N(CCO)C2=O)c1cc(C(F)(F)F)cc(C(F)(F)F)c1.C[C@@H](OC[C@@]1(c2ccccc2)CC[C@]2(CN1)NC(=O)N(CCO)C2=O)c1cc(C(F)(F)F)cc(C(F)(F)F)c1. The zero-order chi connectivity index (χ0) is 57.3. The van der Waals surface area contributed by atoms with E-state index in [1.54, 1.807) is 60.7 Å². The van der Waals surface area contributed by atoms with E-state index in [0.717, 1.165) is 20.9 Å². The number of piperidine rings is 2. The van der Waals surface area contributed by atoms with Crippen molar-refractivity contribution in [2.24, 2.45) is 0 Å². The lowest BCUT2D eigenvalue weighted by Crippen LogP contribution is -2.64. The highest BCUT2D eigenvalue weighted by Gasteiger charge is 2.57. The molecule has 0 bridgehead atoms. The number of nitrogens with zero attached hydrogens (tertiary/aromatic N) is 2. The summed E-state index contributed by atoms with van der Waals surface area (Å²) < 4.78 is 172. The third-order valence-corrected chi connectivity index (χ3v) is 14.5. The predicted molar refractivity (Wildman–Crippen MR) is 252 cm³/mol. The highest BCUT2D eigenvalue weighted by Crippen LogP contribution is 2.43. The van der Waals surface area contributed by atoms with Gasteiger partial charge in [-0.15, -0.1) is 0 Å². The standard InChI is InChI=1S/2C26H27F6N3O4/c2*1-16(17-11-19(25(27,28)29)13-20(12-17)26(30,31)32)39-15-24(18-5-3-2-4-6-18)8-7-23(14-33-24)21(37)35(9-10-36)22(38)34-23/h2*2-6,11-13,16,33,36H,7-10,14-15H2,1H3,(H,34,38)/t16-,23+,24-;16-,23-,24-/m11/s1. The average molecular weight is 1120 g/mol. The first-order valence-corrected chi connectivity index (χ1v) is 24.3. The number of carbonyl (C=O) groups excluding carboxylic acids is 4. The molecular weight excluding hydrogens is 1060 g/mol. The van der Waals surface area contributed by atoms with E-state index in [4.69, 9.17) is 9.47 Å². The van der Waals surface area contributed by atoms with Gasteiger partial charge in [-0.25, -0.2) is 9.59 Å². The summed E-state index contributed by atoms with van der Waals surface area (Å²) in [7, 11) is 0. The molecule has 6 amide bonds. The van der Waals surface area contributed by atoms with Crippen LogP contribution in [-0.2, 0) is 54.8 Å². The van der Waals surface area contributed by atoms with E-state index >= 15 is 0 Å². The van der Waals surface area contributed by atoms with Gasteiger partial charge in [0.2, 0.25) is 0 Å². The number of nitrogens with one attached hydrogen (secondary N) is 4. The number of benzene rings is 4. The Balaban J connectivity index is 0.000000226. The lowest BCUT2D eigenvalue weighted by molar-refractivity contribution is -0.145. The number of hydrogen-bond donors (Lipinski definition) is 6. The van der Waals surface area contributed by atoms with Gasteiger partial charge < -0.3 is 41.0 Å². The molecule has 78 heavy (non-hydrogen) atoms. The summed E-state index contributed by atoms with van der Waals surface area (Å²) in [6.07, 6.45) is -21.4. The number of halogens is 12. The van der Waals surface area contributed by atoms with Crippen molar-refractivity contribution in [1.29, 1.82) is 0 Å². The fraction of sp³-hybridized carbons (Fsp3) is 0.462. The fourth-order valence-electron chi connectivity index (χ4n) is 9.96. The van der Waals surface area contributed by atoms with Crippen LogP contribution in [0, 0.1) is 0 Å². The number of imide groups is 2. The number of rotatable bonds is 14. The van der Waals surface area contributed by atoms with Crippen molar-refractivity contribution >= 4 is 23.9 Å². The summed E-state index contributed by atoms with van der Waals surface area (Å²) >= 11 is 0. The molecule has 4 heterocycles. The molecular formula is C52H54F12N6O8. The minimum atomic E-state index is -4.98. The van der Waals surface area contributed by atoms with Crippen LogP contribution in [0.1, 0.15) is 96.2 Å². The molecule has 2 spiro atoms. The van der Waals surface area contributed by atoms with Gasteiger partial charge in [0.25, 0.3) is 11.8 Å². The number of alkyl halides is 12. The summed E-state index contributed by atoms with van der Waals surface area (Å²) in [4.78, 5) is 52.5. The summed E-state index contributed by atoms with van der Waals surface area (Å²) in [5.41, 5.74) is -9.24. The predicted octanol–water partition coefficient (Wildman–Crippen LogP) is 8.73. The van der Waals surface area contributed by atoms with Crippen molar-refractivity contribution < 1.29 is 91.5 Å². The van der Waals surface area contributed by atoms with E-state index in [1.807, 2.05) is 0 Å². The molecule has 4 aromatic carbocycles. The van der Waals surface area contributed by atoms with Crippen molar-refractivity contribution in [1.82, 2.24) is 31.1 Å². The number of ether oxygens (including phenoxy) is 2. The highest BCUT2D eigenvalue weighted by molar-refractivity contribution is 6.08. The number of urea groups is 2. The summed E-state index contributed by atoms with van der Waals surface area (Å²) in [6, 6.07) is 19.2. The zero-order valence-corrected chi connectivity index (χ0v) is 41.7. The molecule has 4 fully saturated rings. The Morgan fingerprint density at radius 3 is 1.06 bits per heavy atom. The van der Waals surface area contributed by atoms with Crippen LogP contribution in [0.25, 0.3) is 0 Å². The van der Waals surface area contributed by atoms with Crippen LogP contribution in [0.2, 0.25) is 0 Å². The molecule has 4 aliphatic heterocycles. The summed E-state index contributed by atoms with van der Waals surface area (Å²) in [6.45, 7) is 1.33. The number of amides is 6. The van der Waals surface area contributed by atoms with Gasteiger partial charge in [-0.3, -0.25) is 19.4 Å². The first kappa shape index (κ1) is 59.3. The minimum absolute atomic E-state index is 0.00603. The molecule has 6 N–H and O–H groups in total. The van der Waals surface area contributed by atoms with Crippen LogP contribution in [0.3, 0.4) is 0 Å². The molecule has 424 valence electrons. The third-order valence-electron chi connectivity index (χ3n) is 14.5. The molecule has 4 aliphatic rings. The van der Waals surface area contributed by atoms with Gasteiger partial charge >= 0.3 is 36.8 Å². The van der Waals surface area contributed by atoms with Gasteiger partial charge in [0.05, 0.1) is 85.1 Å². The Kier molecular flexibility index (Phi) is 17.1. The Morgan fingerprint density at radius 1 is 0.500 bits per heavy atom. The monoisotopic (exact) mass is 1120 g/mol. The molecule has 4 aromatic rings. The second kappa shape index (κ2) is 22.4. The zero-order valence-electron chi connectivity index (χ0n) is 41.7. The molecule has 0 unspecified atom stereocenters. The first-order valence-electron chi connectivity index (χ1n) is 24.3. The minimum Gasteiger partial charge on any atom is -0.395 e. The topological polar surface area (TPSA) is 182 Å². The number of aliphatic hydroxyl groups is 2. The highest BCUT2D eigenvalue weighted by atomic mass is 19.4. The average Bonchev–Trinajstić information content (AvgIpc) is 3.84. The fourth-order valence-corrected chi connectivity index (χ4v) is 9.96. The van der Waals surface area contributed by atoms with Crippen molar-refractivity contribution in [2.45, 2.75) is 98.6 Å². The summed E-state index contributed by atoms with van der Waals surface area (Å²) in [5.74, 6) is -0.984. The number of hydrogen-bond acceptors (Lipinski definition) is 10. The van der Waals surface area contributed by atoms with E-state index in [9.17, 15) is 82.1 Å². The lowest BCUT2D eigenvalue weighted by atomic mass is 9.76. The van der Waals surface area contributed by atoms with Crippen LogP contribution in [-0.4, -0.2) is 108 Å². The molecule has 0 saturated carbocycles. The van der Waals surface area contributed by atoms with Crippen molar-refractivity contribution in [3.63, 3.8) is 0 Å². The third kappa shape index (κ3) is 12.6. The van der Waals surface area contributed by atoms with Gasteiger partial charge in [-0.1, -0.05) is 60.7 Å². The number of aliphatic hydroxyl groups excluding tert-OH is 2. The van der Waals surface area contributed by atoms with Crippen LogP contribution in [0.5, 0.6) is 0 Å². The molecule has 0 aromatic heterocycles. The first-order chi connectivity index (χ1) is 36.4. The molecule has 6 atom stereocenters. The van der Waals surface area contributed by atoms with Gasteiger partial charge in [-0.05, 0) is 98.2 Å². The maximum atomic E-state index is 13.3. The van der Waals surface area contributed by atoms with Crippen LogP contribution >= 0.6 is 0 Å². The maximum Gasteiger partial charge on any atom is 0.416 e. The van der Waals surface area contributed by atoms with Crippen molar-refractivity contribution in [3.05, 3.63) is 142 Å². The Morgan fingerprint density at radius 2 is 0.808 bits per heavy atom. The molecule has 0 radical (unpaired) electrons. The summed E-state index contributed by atoms with van der Waals surface area (Å²) in [5, 5.41) is 30.3. The second-order valence-electron chi connectivity index (χ2n) is 19.6. The Labute approximate surface area is 438 Å². The van der Waals surface area contributed by atoms with Gasteiger partial charge in [-0.2, -0.15) is 52.7 Å². The van der Waals surface area contributed by atoms with Crippen LogP contribution in [0.4, 0.5) is 62.3 Å². The second-order valence-corrected chi connectivity index (χ2v) is 19.6. The van der Waals surface area contributed by atoms with Crippen molar-refractivity contribution in [3.8, 4) is 0 Å². The van der Waals surface area contributed by atoms with E-state index in [-0.39, 0.29) is 88.3 Å². The number of β-amino-alcohol motifs (C(OH)–C–C–N with tert-alkyl or cyclic N) is 2. The Hall–Kier alpha value is -6.32. The quantitative estimate of drug-likeness (QED) is 0.0528. The van der Waals surface area contributed by atoms with Crippen LogP contribution in [0.15, 0.2) is 97.1 Å². The smallest absolute Gasteiger partial charge is 0.395 e. The Bertz CT molecular complexity index is 2550. The van der Waals surface area contributed by atoms with E-state index in [0.29, 0.717) is 24.3 Å². The molecule has 26 heteroatoms. The lowest BCUT2D eigenvalue weighted by Gasteiger charge is -2.45. The van der Waals surface area contributed by atoms with E-state index in [1.165, 1.54) is 13.8 Å². The number of carbonyl (C=O) groups is 4. The van der Waals surface area contributed by atoms with E-state index in [2.05, 4.69) is 21.3 Å². The normalized spacial score (nSPS) is 24.8. The largest absolute Gasteiger partial charge is 0.416 e. The van der Waals surface area contributed by atoms with Gasteiger partial charge in [0.1, 0.15) is 11.1 Å². The molecule has 8 rings (SSSR count). The van der Waals surface area contributed by atoms with Gasteiger partial charge in [0.15, 0.2) is 0 Å².